The fourth-order valence-corrected chi connectivity index (χ4v) is 2.33. The molecule has 2 rings (SSSR count). The molecule has 104 valence electrons. The van der Waals surface area contributed by atoms with Crippen LogP contribution in [-0.4, -0.2) is 29.1 Å². The Balaban J connectivity index is 2.30. The van der Waals surface area contributed by atoms with Gasteiger partial charge in [0.2, 0.25) is 0 Å². The fraction of sp³-hybridized carbons (Fsp3) is 0.385. The van der Waals surface area contributed by atoms with E-state index in [1.807, 2.05) is 4.90 Å². The predicted molar refractivity (Wildman–Crippen MR) is 70.4 cm³/mol. The second-order valence-corrected chi connectivity index (χ2v) is 5.11. The predicted octanol–water partition coefficient (Wildman–Crippen LogP) is 1.77. The van der Waals surface area contributed by atoms with Gasteiger partial charge in [0.1, 0.15) is 11.6 Å². The Morgan fingerprint density at radius 2 is 2.30 bits per heavy atom. The smallest absolute Gasteiger partial charge is 0.311 e. The summed E-state index contributed by atoms with van der Waals surface area (Å²) in [6.45, 7) is 2.54. The number of carboxylic acids is 1. The number of aliphatic carboxylic acids is 1. The van der Waals surface area contributed by atoms with E-state index < -0.39 is 16.3 Å². The number of benzene rings is 1. The van der Waals surface area contributed by atoms with Crippen LogP contribution in [0, 0.1) is 26.9 Å². The molecule has 1 atom stereocenters. The van der Waals surface area contributed by atoms with Crippen molar-refractivity contribution in [1.82, 2.24) is 0 Å². The van der Waals surface area contributed by atoms with Gasteiger partial charge in [0.15, 0.2) is 0 Å². The summed E-state index contributed by atoms with van der Waals surface area (Å²) in [6, 6.07) is 6.07. The van der Waals surface area contributed by atoms with Crippen LogP contribution >= 0.6 is 0 Å². The third-order valence-corrected chi connectivity index (χ3v) is 3.65. The standard InChI is InChI=1S/C13H13N3O4/c1-13(12(17)18)4-5-15(8-13)10-2-3-11(16(19)20)9(6-10)7-14/h2-3,6H,4-5,8H2,1H3,(H,17,18). The highest BCUT2D eigenvalue weighted by atomic mass is 16.6. The summed E-state index contributed by atoms with van der Waals surface area (Å²) in [5.74, 6) is -0.859. The number of carboxylic acid groups (broad SMARTS) is 1. The average Bonchev–Trinajstić information content (AvgIpc) is 2.82. The molecule has 7 heteroatoms. The molecule has 0 aromatic heterocycles. The molecule has 1 saturated heterocycles. The van der Waals surface area contributed by atoms with E-state index in [0.29, 0.717) is 25.2 Å². The molecule has 1 unspecified atom stereocenters. The van der Waals surface area contributed by atoms with Gasteiger partial charge in [0.25, 0.3) is 5.69 Å². The number of nitrogens with zero attached hydrogens (tertiary/aromatic N) is 3. The van der Waals surface area contributed by atoms with Crippen LogP contribution in [0.5, 0.6) is 0 Å². The van der Waals surface area contributed by atoms with Gasteiger partial charge >= 0.3 is 5.97 Å². The molecule has 1 heterocycles. The summed E-state index contributed by atoms with van der Waals surface area (Å²) >= 11 is 0. The summed E-state index contributed by atoms with van der Waals surface area (Å²) in [4.78, 5) is 23.2. The van der Waals surface area contributed by atoms with Crippen molar-refractivity contribution < 1.29 is 14.8 Å². The first kappa shape index (κ1) is 13.8. The van der Waals surface area contributed by atoms with Crippen LogP contribution in [0.25, 0.3) is 0 Å². The lowest BCUT2D eigenvalue weighted by atomic mass is 9.90. The Labute approximate surface area is 115 Å². The van der Waals surface area contributed by atoms with Crippen LogP contribution in [0.3, 0.4) is 0 Å². The first-order valence-corrected chi connectivity index (χ1v) is 6.04. The van der Waals surface area contributed by atoms with Crippen molar-refractivity contribution in [2.24, 2.45) is 5.41 Å². The van der Waals surface area contributed by atoms with Gasteiger partial charge in [-0.25, -0.2) is 0 Å². The highest BCUT2D eigenvalue weighted by Crippen LogP contribution is 2.34. The zero-order valence-corrected chi connectivity index (χ0v) is 10.9. The van der Waals surface area contributed by atoms with E-state index in [1.54, 1.807) is 19.1 Å². The van der Waals surface area contributed by atoms with E-state index in [9.17, 15) is 20.0 Å². The third kappa shape index (κ3) is 2.28. The number of hydrogen-bond donors (Lipinski definition) is 1. The van der Waals surface area contributed by atoms with Gasteiger partial charge in [0, 0.05) is 24.8 Å². The Hall–Kier alpha value is -2.62. The van der Waals surface area contributed by atoms with Crippen molar-refractivity contribution in [3.63, 3.8) is 0 Å². The minimum absolute atomic E-state index is 0.0172. The lowest BCUT2D eigenvalue weighted by molar-refractivity contribution is -0.385. The molecule has 0 saturated carbocycles. The van der Waals surface area contributed by atoms with Crippen LogP contribution in [-0.2, 0) is 4.79 Å². The molecule has 1 aliphatic rings. The number of hydrogen-bond acceptors (Lipinski definition) is 5. The van der Waals surface area contributed by atoms with Gasteiger partial charge in [-0.1, -0.05) is 0 Å². The van der Waals surface area contributed by atoms with Crippen LogP contribution in [0.2, 0.25) is 0 Å². The zero-order valence-electron chi connectivity index (χ0n) is 10.9. The monoisotopic (exact) mass is 275 g/mol. The van der Waals surface area contributed by atoms with Crippen LogP contribution in [0.15, 0.2) is 18.2 Å². The van der Waals surface area contributed by atoms with Crippen molar-refractivity contribution in [1.29, 1.82) is 5.26 Å². The first-order valence-electron chi connectivity index (χ1n) is 6.04. The molecule has 0 spiro atoms. The van der Waals surface area contributed by atoms with Gasteiger partial charge in [0.05, 0.1) is 10.3 Å². The normalized spacial score (nSPS) is 21.5. The Kier molecular flexibility index (Phi) is 3.32. The number of anilines is 1. The van der Waals surface area contributed by atoms with Crippen molar-refractivity contribution >= 4 is 17.3 Å². The Bertz CT molecular complexity index is 623. The lowest BCUT2D eigenvalue weighted by Crippen LogP contribution is -2.31. The summed E-state index contributed by atoms with van der Waals surface area (Å²) in [7, 11) is 0. The number of nitriles is 1. The van der Waals surface area contributed by atoms with E-state index in [0.717, 1.165) is 0 Å². The molecule has 1 fully saturated rings. The Morgan fingerprint density at radius 3 is 2.80 bits per heavy atom. The summed E-state index contributed by atoms with van der Waals surface area (Å²) in [5.41, 5.74) is -0.445. The van der Waals surface area contributed by atoms with Crippen LogP contribution in [0.1, 0.15) is 18.9 Å². The molecule has 1 N–H and O–H groups in total. The third-order valence-electron chi connectivity index (χ3n) is 3.65. The number of rotatable bonds is 3. The molecular weight excluding hydrogens is 262 g/mol. The molecule has 1 aromatic carbocycles. The second-order valence-electron chi connectivity index (χ2n) is 5.11. The van der Waals surface area contributed by atoms with Gasteiger partial charge in [-0.15, -0.1) is 0 Å². The molecule has 0 bridgehead atoms. The highest BCUT2D eigenvalue weighted by molar-refractivity contribution is 5.76. The van der Waals surface area contributed by atoms with Crippen LogP contribution in [0.4, 0.5) is 11.4 Å². The number of carbonyl (C=O) groups is 1. The van der Waals surface area contributed by atoms with Gasteiger partial charge in [-0.3, -0.25) is 14.9 Å². The fourth-order valence-electron chi connectivity index (χ4n) is 2.33. The van der Waals surface area contributed by atoms with Crippen LogP contribution < -0.4 is 4.90 Å². The van der Waals surface area contributed by atoms with E-state index in [-0.39, 0.29) is 11.3 Å². The van der Waals surface area contributed by atoms with Crippen molar-refractivity contribution in [3.8, 4) is 6.07 Å². The largest absolute Gasteiger partial charge is 0.481 e. The molecule has 0 aliphatic carbocycles. The molecule has 0 amide bonds. The highest BCUT2D eigenvalue weighted by Gasteiger charge is 2.40. The van der Waals surface area contributed by atoms with Crippen molar-refractivity contribution in [2.45, 2.75) is 13.3 Å². The quantitative estimate of drug-likeness (QED) is 0.665. The molecule has 1 aromatic rings. The van der Waals surface area contributed by atoms with E-state index in [4.69, 9.17) is 5.26 Å². The second kappa shape index (κ2) is 4.81. The first-order chi connectivity index (χ1) is 9.37. The average molecular weight is 275 g/mol. The summed E-state index contributed by atoms with van der Waals surface area (Å²) < 4.78 is 0. The lowest BCUT2D eigenvalue weighted by Gasteiger charge is -2.21. The molecule has 0 radical (unpaired) electrons. The van der Waals surface area contributed by atoms with Gasteiger partial charge < -0.3 is 10.0 Å². The van der Waals surface area contributed by atoms with Crippen molar-refractivity contribution in [2.75, 3.05) is 18.0 Å². The number of nitro benzene ring substituents is 1. The minimum Gasteiger partial charge on any atom is -0.481 e. The molecule has 1 aliphatic heterocycles. The van der Waals surface area contributed by atoms with Crippen molar-refractivity contribution in [3.05, 3.63) is 33.9 Å². The molecule has 20 heavy (non-hydrogen) atoms. The topological polar surface area (TPSA) is 107 Å². The maximum atomic E-state index is 11.2. The summed E-state index contributed by atoms with van der Waals surface area (Å²) in [6.07, 6.45) is 0.501. The summed E-state index contributed by atoms with van der Waals surface area (Å²) in [5, 5.41) is 28.9. The zero-order chi connectivity index (χ0) is 14.9. The minimum atomic E-state index is -0.859. The molecular formula is C13H13N3O4. The maximum Gasteiger partial charge on any atom is 0.311 e. The SMILES string of the molecule is CC1(C(=O)O)CCN(c2ccc([N+](=O)[O-])c(C#N)c2)C1. The Morgan fingerprint density at radius 1 is 1.60 bits per heavy atom. The van der Waals surface area contributed by atoms with E-state index in [2.05, 4.69) is 0 Å². The van der Waals surface area contributed by atoms with E-state index in [1.165, 1.54) is 12.1 Å². The maximum absolute atomic E-state index is 11.2. The molecule has 7 nitrogen and oxygen atoms in total. The number of nitro groups is 1. The van der Waals surface area contributed by atoms with Gasteiger partial charge in [-0.2, -0.15) is 5.26 Å². The van der Waals surface area contributed by atoms with E-state index >= 15 is 0 Å². The van der Waals surface area contributed by atoms with Gasteiger partial charge in [-0.05, 0) is 25.5 Å².